The molecule has 2 aromatic heterocycles. The van der Waals surface area contributed by atoms with Crippen LogP contribution in [0.15, 0.2) is 52.7 Å². The van der Waals surface area contributed by atoms with Crippen LogP contribution in [0.1, 0.15) is 12.5 Å². The summed E-state index contributed by atoms with van der Waals surface area (Å²) in [4.78, 5) is 16.7. The molecular formula is C20H18N8O3S2. The molecule has 168 valence electrons. The molecule has 0 spiro atoms. The van der Waals surface area contributed by atoms with Crippen LogP contribution >= 0.6 is 23.1 Å². The number of thioether (sulfide) groups is 1. The topological polar surface area (TPSA) is 142 Å². The lowest BCUT2D eigenvalue weighted by atomic mass is 10.1. The van der Waals surface area contributed by atoms with Crippen molar-refractivity contribution in [3.8, 4) is 11.5 Å². The van der Waals surface area contributed by atoms with E-state index in [9.17, 15) is 4.79 Å². The molecule has 4 aromatic rings. The molecule has 0 bridgehead atoms. The zero-order chi connectivity index (χ0) is 22.8. The van der Waals surface area contributed by atoms with Gasteiger partial charge in [-0.05, 0) is 37.3 Å². The van der Waals surface area contributed by atoms with Crippen molar-refractivity contribution in [2.24, 2.45) is 5.10 Å². The van der Waals surface area contributed by atoms with Crippen LogP contribution in [0.5, 0.6) is 11.5 Å². The zero-order valence-electron chi connectivity index (χ0n) is 17.3. The molecule has 0 aliphatic carbocycles. The second kappa shape index (κ2) is 8.96. The summed E-state index contributed by atoms with van der Waals surface area (Å²) in [6.45, 7) is 2.05. The maximum atomic E-state index is 12.3. The molecule has 3 heterocycles. The summed E-state index contributed by atoms with van der Waals surface area (Å²) in [6.07, 6.45) is 0. The SMILES string of the molecule is C/C(=N\Nc1nnc(SCC(=O)Nc2nc3ccccc3s2)n1N)c1ccc2c(c1)OCO2. The summed E-state index contributed by atoms with van der Waals surface area (Å²) in [5.74, 6) is 7.56. The molecule has 0 unspecified atom stereocenters. The fourth-order valence-electron chi connectivity index (χ4n) is 2.98. The van der Waals surface area contributed by atoms with E-state index in [4.69, 9.17) is 15.3 Å². The normalized spacial score (nSPS) is 12.8. The summed E-state index contributed by atoms with van der Waals surface area (Å²) in [5.41, 5.74) is 5.20. The Balaban J connectivity index is 1.18. The van der Waals surface area contributed by atoms with Gasteiger partial charge in [0.2, 0.25) is 17.9 Å². The number of ether oxygens (including phenoxy) is 2. The minimum absolute atomic E-state index is 0.102. The van der Waals surface area contributed by atoms with Gasteiger partial charge in [0.15, 0.2) is 16.6 Å². The number of hydrogen-bond donors (Lipinski definition) is 3. The number of carbonyl (C=O) groups is 1. The first-order valence-electron chi connectivity index (χ1n) is 9.76. The van der Waals surface area contributed by atoms with Crippen molar-refractivity contribution in [1.29, 1.82) is 0 Å². The lowest BCUT2D eigenvalue weighted by molar-refractivity contribution is -0.113. The molecule has 0 radical (unpaired) electrons. The van der Waals surface area contributed by atoms with Crippen molar-refractivity contribution >= 4 is 56.0 Å². The fraction of sp³-hybridized carbons (Fsp3) is 0.150. The number of anilines is 2. The number of para-hydroxylation sites is 1. The average molecular weight is 483 g/mol. The van der Waals surface area contributed by atoms with Crippen molar-refractivity contribution in [3.05, 3.63) is 48.0 Å². The Bertz CT molecular complexity index is 1330. The van der Waals surface area contributed by atoms with E-state index in [1.165, 1.54) is 16.0 Å². The summed E-state index contributed by atoms with van der Waals surface area (Å²) >= 11 is 2.58. The van der Waals surface area contributed by atoms with Crippen molar-refractivity contribution < 1.29 is 14.3 Å². The molecule has 1 aliphatic rings. The minimum Gasteiger partial charge on any atom is -0.454 e. The van der Waals surface area contributed by atoms with Crippen molar-refractivity contribution in [2.45, 2.75) is 12.1 Å². The van der Waals surface area contributed by atoms with Crippen LogP contribution in [0.3, 0.4) is 0 Å². The standard InChI is InChI=1S/C20H18N8O3S2/c1-11(12-6-7-14-15(8-12)31-10-30-14)24-25-18-26-27-20(28(18)21)32-9-17(29)23-19-22-13-4-2-3-5-16(13)33-19/h2-8H,9-10,21H2,1H3,(H,25,26)(H,22,23,29)/b24-11+. The smallest absolute Gasteiger partial charge is 0.264 e. The third-order valence-electron chi connectivity index (χ3n) is 4.65. The monoisotopic (exact) mass is 482 g/mol. The average Bonchev–Trinajstić information content (AvgIpc) is 3.53. The van der Waals surface area contributed by atoms with Gasteiger partial charge in [-0.15, -0.1) is 10.2 Å². The molecule has 0 saturated carbocycles. The number of thiazole rings is 1. The number of benzene rings is 2. The quantitative estimate of drug-likeness (QED) is 0.157. The molecule has 1 aliphatic heterocycles. The van der Waals surface area contributed by atoms with Gasteiger partial charge in [0.1, 0.15) is 0 Å². The Hall–Kier alpha value is -3.84. The molecular weight excluding hydrogens is 464 g/mol. The van der Waals surface area contributed by atoms with Crippen molar-refractivity contribution in [1.82, 2.24) is 19.9 Å². The Morgan fingerprint density at radius 3 is 2.97 bits per heavy atom. The first kappa shape index (κ1) is 21.0. The summed E-state index contributed by atoms with van der Waals surface area (Å²) < 4.78 is 13.0. The second-order valence-corrected chi connectivity index (χ2v) is 8.85. The van der Waals surface area contributed by atoms with E-state index in [1.807, 2.05) is 49.4 Å². The predicted octanol–water partition coefficient (Wildman–Crippen LogP) is 2.90. The molecule has 0 atom stereocenters. The molecule has 1 amide bonds. The molecule has 11 nitrogen and oxygen atoms in total. The number of carbonyl (C=O) groups excluding carboxylic acids is 1. The third kappa shape index (κ3) is 4.54. The lowest BCUT2D eigenvalue weighted by Gasteiger charge is -2.05. The number of hydrazone groups is 1. The van der Waals surface area contributed by atoms with Crippen LogP contribution in [-0.4, -0.2) is 44.0 Å². The van der Waals surface area contributed by atoms with Crippen molar-refractivity contribution in [3.63, 3.8) is 0 Å². The fourth-order valence-corrected chi connectivity index (χ4v) is 4.52. The number of aromatic nitrogens is 4. The van der Waals surface area contributed by atoms with Gasteiger partial charge >= 0.3 is 0 Å². The Morgan fingerprint density at radius 2 is 2.09 bits per heavy atom. The largest absolute Gasteiger partial charge is 0.454 e. The highest BCUT2D eigenvalue weighted by Gasteiger charge is 2.15. The van der Waals surface area contributed by atoms with E-state index in [-0.39, 0.29) is 24.4 Å². The van der Waals surface area contributed by atoms with Gasteiger partial charge in [0.25, 0.3) is 5.95 Å². The van der Waals surface area contributed by atoms with Crippen LogP contribution in [0, 0.1) is 0 Å². The predicted molar refractivity (Wildman–Crippen MR) is 128 cm³/mol. The number of nitrogen functional groups attached to an aromatic ring is 1. The Labute approximate surface area is 196 Å². The van der Waals surface area contributed by atoms with Gasteiger partial charge in [-0.2, -0.15) is 5.10 Å². The molecule has 5 rings (SSSR count). The number of rotatable bonds is 7. The van der Waals surface area contributed by atoms with Crippen LogP contribution in [-0.2, 0) is 4.79 Å². The van der Waals surface area contributed by atoms with Gasteiger partial charge in [0.05, 0.1) is 21.7 Å². The number of nitrogens with zero attached hydrogens (tertiary/aromatic N) is 5. The van der Waals surface area contributed by atoms with E-state index >= 15 is 0 Å². The van der Waals surface area contributed by atoms with Crippen LogP contribution in [0.25, 0.3) is 10.2 Å². The number of nitrogens with one attached hydrogen (secondary N) is 2. The summed E-state index contributed by atoms with van der Waals surface area (Å²) in [5, 5.41) is 16.0. The van der Waals surface area contributed by atoms with E-state index in [0.29, 0.717) is 27.5 Å². The van der Waals surface area contributed by atoms with Crippen LogP contribution in [0.4, 0.5) is 11.1 Å². The molecule has 33 heavy (non-hydrogen) atoms. The van der Waals surface area contributed by atoms with Gasteiger partial charge in [-0.1, -0.05) is 35.2 Å². The summed E-state index contributed by atoms with van der Waals surface area (Å²) in [6, 6.07) is 13.3. The van der Waals surface area contributed by atoms with Gasteiger partial charge in [-0.25, -0.2) is 15.1 Å². The molecule has 0 fully saturated rings. The first-order valence-corrected chi connectivity index (χ1v) is 11.6. The first-order chi connectivity index (χ1) is 16.1. The number of amides is 1. The van der Waals surface area contributed by atoms with E-state index in [1.54, 1.807) is 0 Å². The second-order valence-electron chi connectivity index (χ2n) is 6.88. The molecule has 0 saturated heterocycles. The zero-order valence-corrected chi connectivity index (χ0v) is 18.9. The highest BCUT2D eigenvalue weighted by atomic mass is 32.2. The van der Waals surface area contributed by atoms with E-state index < -0.39 is 0 Å². The van der Waals surface area contributed by atoms with E-state index in [0.717, 1.165) is 27.5 Å². The van der Waals surface area contributed by atoms with Gasteiger partial charge in [0, 0.05) is 5.56 Å². The number of fused-ring (bicyclic) bond motifs is 2. The number of hydrogen-bond acceptors (Lipinski definition) is 11. The molecule has 13 heteroatoms. The minimum atomic E-state index is -0.215. The summed E-state index contributed by atoms with van der Waals surface area (Å²) in [7, 11) is 0. The third-order valence-corrected chi connectivity index (χ3v) is 6.55. The highest BCUT2D eigenvalue weighted by molar-refractivity contribution is 7.99. The van der Waals surface area contributed by atoms with Gasteiger partial charge in [-0.3, -0.25) is 4.79 Å². The van der Waals surface area contributed by atoms with Crippen LogP contribution < -0.4 is 26.1 Å². The maximum Gasteiger partial charge on any atom is 0.264 e. The van der Waals surface area contributed by atoms with E-state index in [2.05, 4.69) is 31.0 Å². The van der Waals surface area contributed by atoms with Gasteiger partial charge < -0.3 is 20.6 Å². The number of nitrogens with two attached hydrogens (primary N) is 1. The molecule has 4 N–H and O–H groups in total. The Kier molecular flexibility index (Phi) is 5.71. The van der Waals surface area contributed by atoms with Crippen LogP contribution in [0.2, 0.25) is 0 Å². The lowest BCUT2D eigenvalue weighted by Crippen LogP contribution is -2.17. The maximum absolute atomic E-state index is 12.3. The Morgan fingerprint density at radius 1 is 1.24 bits per heavy atom. The van der Waals surface area contributed by atoms with Crippen molar-refractivity contribution in [2.75, 3.05) is 29.1 Å². The molecule has 2 aromatic carbocycles. The highest BCUT2D eigenvalue weighted by Crippen LogP contribution is 2.32.